The number of nitrogens with zero attached hydrogens (tertiary/aromatic N) is 2. The molecule has 3 nitrogen and oxygen atoms in total. The van der Waals surface area contributed by atoms with Crippen molar-refractivity contribution in [2.24, 2.45) is 0 Å². The molecule has 0 saturated heterocycles. The molecule has 0 spiro atoms. The number of hydrogen-bond donors (Lipinski definition) is 0. The van der Waals surface area contributed by atoms with Gasteiger partial charge in [-0.25, -0.2) is 0 Å². The standard InChI is InChI=1S/C67H69BN2OS/c1-38-29-45-48(65(8,9)26-23-62(45,2)3)34-52(38)69-54-35-49-47(64(6,7)25-27-66(49,10)11)33-51(54)68-60-55(69)32-43-40-21-17-18-22-56(40)71-61(43)59(60)44-30-41-42-31-46-50(67(12,13)28-24-63(46,4)5)36-57(42)72-58(41)37-53(44)70(68)39-19-15-14-16-20-39/h14-22,29-37H,23-28H2,1-13H3. The summed E-state index contributed by atoms with van der Waals surface area (Å²) >= 11 is 1.98. The predicted octanol–water partition coefficient (Wildman–Crippen LogP) is 18.0. The maximum atomic E-state index is 7.32. The normalized spacial score (nSPS) is 20.3. The fourth-order valence-electron chi connectivity index (χ4n) is 14.7. The van der Waals surface area contributed by atoms with Gasteiger partial charge in [-0.05, 0) is 188 Å². The van der Waals surface area contributed by atoms with E-state index in [1.54, 1.807) is 0 Å². The van der Waals surface area contributed by atoms with Crippen molar-refractivity contribution in [3.8, 4) is 11.1 Å². The van der Waals surface area contributed by atoms with Crippen LogP contribution in [-0.2, 0) is 32.5 Å². The monoisotopic (exact) mass is 961 g/mol. The van der Waals surface area contributed by atoms with E-state index in [-0.39, 0.29) is 39.3 Å². The van der Waals surface area contributed by atoms with Crippen LogP contribution in [0.3, 0.4) is 0 Å². The van der Waals surface area contributed by atoms with E-state index in [0.29, 0.717) is 0 Å². The molecular formula is C67H69BN2OS. The van der Waals surface area contributed by atoms with E-state index in [2.05, 4.69) is 209 Å². The lowest BCUT2D eigenvalue weighted by Gasteiger charge is -2.49. The van der Waals surface area contributed by atoms with E-state index in [4.69, 9.17) is 4.42 Å². The van der Waals surface area contributed by atoms with Gasteiger partial charge in [0.15, 0.2) is 0 Å². The smallest absolute Gasteiger partial charge is 0.333 e. The van der Waals surface area contributed by atoms with Gasteiger partial charge in [-0.1, -0.05) is 132 Å². The van der Waals surface area contributed by atoms with E-state index in [9.17, 15) is 0 Å². The van der Waals surface area contributed by atoms with Crippen LogP contribution in [0.5, 0.6) is 0 Å². The number of benzene rings is 7. The van der Waals surface area contributed by atoms with E-state index in [1.165, 1.54) is 141 Å². The van der Waals surface area contributed by atoms with Crippen LogP contribution < -0.4 is 20.6 Å². The molecule has 2 aromatic heterocycles. The van der Waals surface area contributed by atoms with Gasteiger partial charge in [0.1, 0.15) is 11.2 Å². The Hall–Kier alpha value is -5.78. The topological polar surface area (TPSA) is 19.6 Å². The SMILES string of the molecule is Cc1cc2c(cc1N1c3cc4c(cc3B3c5c1cc1c(oc6ccccc61)c5-c1cc5c(cc1N3c1ccccc1)sc1cc3c(cc15)C(C)(C)CCC3(C)C)C(C)(C)CCC4(C)C)C(C)(C)CCC2(C)C. The van der Waals surface area contributed by atoms with Gasteiger partial charge < -0.3 is 14.1 Å². The molecule has 0 N–H and O–H groups in total. The number of rotatable bonds is 2. The molecule has 4 heterocycles. The maximum absolute atomic E-state index is 7.32. The Morgan fingerprint density at radius 1 is 0.458 bits per heavy atom. The van der Waals surface area contributed by atoms with Crippen LogP contribution >= 0.6 is 11.3 Å². The Morgan fingerprint density at radius 3 is 1.61 bits per heavy atom. The first-order chi connectivity index (χ1) is 34.0. The molecule has 0 bridgehead atoms. The van der Waals surface area contributed by atoms with Crippen LogP contribution in [0.2, 0.25) is 0 Å². The zero-order chi connectivity index (χ0) is 50.0. The molecule has 362 valence electrons. The number of fused-ring (bicyclic) bond motifs is 14. The third-order valence-corrected chi connectivity index (χ3v) is 20.6. The van der Waals surface area contributed by atoms with Crippen molar-refractivity contribution in [3.05, 3.63) is 148 Å². The summed E-state index contributed by atoms with van der Waals surface area (Å²) in [6, 6.07) is 43.5. The summed E-state index contributed by atoms with van der Waals surface area (Å²) in [6.45, 7) is 31.9. The van der Waals surface area contributed by atoms with Crippen molar-refractivity contribution in [3.63, 3.8) is 0 Å². The molecule has 5 heteroatoms. The van der Waals surface area contributed by atoms with Crippen LogP contribution in [0.4, 0.5) is 28.4 Å². The molecule has 7 aromatic carbocycles. The summed E-state index contributed by atoms with van der Waals surface area (Å²) in [6.07, 6.45) is 7.07. The van der Waals surface area contributed by atoms with E-state index < -0.39 is 0 Å². The third kappa shape index (κ3) is 6.04. The first-order valence-electron chi connectivity index (χ1n) is 27.1. The summed E-state index contributed by atoms with van der Waals surface area (Å²) in [5.74, 6) is 0. The van der Waals surface area contributed by atoms with Crippen molar-refractivity contribution in [1.82, 2.24) is 0 Å². The molecule has 0 atom stereocenters. The summed E-state index contributed by atoms with van der Waals surface area (Å²) in [5, 5.41) is 5.05. The number of hydrogen-bond acceptors (Lipinski definition) is 4. The lowest BCUT2D eigenvalue weighted by molar-refractivity contribution is 0.331. The van der Waals surface area contributed by atoms with Crippen molar-refractivity contribution in [2.75, 3.05) is 9.71 Å². The van der Waals surface area contributed by atoms with Gasteiger partial charge in [0.05, 0.1) is 0 Å². The average molecular weight is 961 g/mol. The quantitative estimate of drug-likeness (QED) is 0.161. The highest BCUT2D eigenvalue weighted by molar-refractivity contribution is 7.26. The van der Waals surface area contributed by atoms with E-state index >= 15 is 0 Å². The van der Waals surface area contributed by atoms with Crippen LogP contribution in [0, 0.1) is 6.92 Å². The summed E-state index contributed by atoms with van der Waals surface area (Å²) in [5.41, 5.74) is 24.1. The van der Waals surface area contributed by atoms with Gasteiger partial charge in [0, 0.05) is 70.5 Å². The number of furan rings is 1. The number of anilines is 5. The lowest BCUT2D eigenvalue weighted by atomic mass is 9.42. The maximum Gasteiger partial charge on any atom is 0.333 e. The van der Waals surface area contributed by atoms with Crippen LogP contribution in [0.25, 0.3) is 53.2 Å². The fraction of sp³-hybridized carbons (Fsp3) is 0.373. The average Bonchev–Trinajstić information content (AvgIpc) is 3.89. The molecule has 0 saturated carbocycles. The number of aryl methyl sites for hydroxylation is 1. The first kappa shape index (κ1) is 44.9. The Labute approximate surface area is 431 Å². The summed E-state index contributed by atoms with van der Waals surface area (Å²) < 4.78 is 10.0. The third-order valence-electron chi connectivity index (χ3n) is 19.5. The predicted molar refractivity (Wildman–Crippen MR) is 311 cm³/mol. The van der Waals surface area contributed by atoms with Gasteiger partial charge in [-0.2, -0.15) is 0 Å². The highest BCUT2D eigenvalue weighted by Gasteiger charge is 2.50. The minimum absolute atomic E-state index is 0.0174. The van der Waals surface area contributed by atoms with Crippen LogP contribution in [-0.4, -0.2) is 6.85 Å². The van der Waals surface area contributed by atoms with Gasteiger partial charge in [-0.3, -0.25) is 0 Å². The Morgan fingerprint density at radius 2 is 0.972 bits per heavy atom. The zero-order valence-electron chi connectivity index (χ0n) is 44.9. The first-order valence-corrected chi connectivity index (χ1v) is 27.9. The highest BCUT2D eigenvalue weighted by atomic mass is 32.1. The largest absolute Gasteiger partial charge is 0.455 e. The molecule has 0 amide bonds. The summed E-state index contributed by atoms with van der Waals surface area (Å²) in [7, 11) is 0. The van der Waals surface area contributed by atoms with E-state index in [0.717, 1.165) is 29.4 Å². The highest BCUT2D eigenvalue weighted by Crippen LogP contribution is 2.57. The van der Waals surface area contributed by atoms with Gasteiger partial charge in [0.25, 0.3) is 0 Å². The zero-order valence-corrected chi connectivity index (χ0v) is 45.7. The van der Waals surface area contributed by atoms with Crippen molar-refractivity contribution >= 4 is 99.7 Å². The molecule has 14 rings (SSSR count). The van der Waals surface area contributed by atoms with Crippen LogP contribution in [0.15, 0.2) is 114 Å². The Balaban J connectivity index is 1.16. The molecule has 0 unspecified atom stereocenters. The van der Waals surface area contributed by atoms with Crippen molar-refractivity contribution in [2.45, 2.75) is 161 Å². The van der Waals surface area contributed by atoms with Gasteiger partial charge >= 0.3 is 6.85 Å². The Kier molecular flexibility index (Phi) is 8.91. The molecule has 3 aliphatic carbocycles. The second-order valence-corrected chi connectivity index (χ2v) is 28.0. The molecule has 2 aliphatic heterocycles. The number of para-hydroxylation sites is 2. The summed E-state index contributed by atoms with van der Waals surface area (Å²) in [4.78, 5) is 5.46. The van der Waals surface area contributed by atoms with E-state index in [1.807, 2.05) is 11.3 Å². The van der Waals surface area contributed by atoms with Crippen molar-refractivity contribution in [1.29, 1.82) is 0 Å². The molecule has 5 aliphatic rings. The second kappa shape index (κ2) is 14.3. The Bertz CT molecular complexity index is 3860. The molecular weight excluding hydrogens is 892 g/mol. The molecule has 72 heavy (non-hydrogen) atoms. The lowest BCUT2D eigenvalue weighted by Crippen LogP contribution is -2.62. The second-order valence-electron chi connectivity index (χ2n) is 26.9. The van der Waals surface area contributed by atoms with Crippen molar-refractivity contribution < 1.29 is 4.42 Å². The molecule has 0 radical (unpaired) electrons. The van der Waals surface area contributed by atoms with Crippen LogP contribution in [0.1, 0.15) is 161 Å². The minimum atomic E-state index is -0.131. The fourth-order valence-corrected chi connectivity index (χ4v) is 15.8. The van der Waals surface area contributed by atoms with Gasteiger partial charge in [-0.15, -0.1) is 11.3 Å². The molecule has 9 aromatic rings. The van der Waals surface area contributed by atoms with Gasteiger partial charge in [0.2, 0.25) is 0 Å². The molecule has 0 fully saturated rings. The minimum Gasteiger partial charge on any atom is -0.455 e. The number of thiophene rings is 1.